The van der Waals surface area contributed by atoms with Crippen molar-refractivity contribution in [3.05, 3.63) is 94.2 Å². The number of rotatable bonds is 8. The summed E-state index contributed by atoms with van der Waals surface area (Å²) in [5, 5.41) is 14.2. The molecule has 0 saturated heterocycles. The number of benzene rings is 2. The van der Waals surface area contributed by atoms with Crippen LogP contribution in [0.4, 0.5) is 10.1 Å². The predicted octanol–water partition coefficient (Wildman–Crippen LogP) is 5.88. The molecule has 1 aliphatic rings. The molecule has 0 bridgehead atoms. The molecule has 5 rings (SSSR count). The lowest BCUT2D eigenvalue weighted by Gasteiger charge is -2.17. The maximum absolute atomic E-state index is 13.3. The zero-order valence-electron chi connectivity index (χ0n) is 17.1. The molecule has 0 aliphatic heterocycles. The Morgan fingerprint density at radius 3 is 2.56 bits per heavy atom. The largest absolute Gasteiger partial charge is 0.325 e. The van der Waals surface area contributed by atoms with Gasteiger partial charge in [0.2, 0.25) is 5.91 Å². The first-order valence-electron chi connectivity index (χ1n) is 10.4. The van der Waals surface area contributed by atoms with Crippen LogP contribution in [-0.2, 0) is 11.2 Å². The van der Waals surface area contributed by atoms with E-state index in [0.717, 1.165) is 35.8 Å². The van der Waals surface area contributed by atoms with Crippen molar-refractivity contribution in [3.8, 4) is 0 Å². The van der Waals surface area contributed by atoms with Gasteiger partial charge in [0.1, 0.15) is 16.9 Å². The molecule has 0 unspecified atom stereocenters. The Kier molecular flexibility index (Phi) is 6.05. The highest BCUT2D eigenvalue weighted by Gasteiger charge is 2.32. The molecule has 2 aromatic heterocycles. The summed E-state index contributed by atoms with van der Waals surface area (Å²) >= 11 is 3.11. The van der Waals surface area contributed by atoms with Crippen molar-refractivity contribution in [1.82, 2.24) is 14.8 Å². The average Bonchev–Trinajstić information content (AvgIpc) is 3.36. The molecule has 2 heterocycles. The highest BCUT2D eigenvalue weighted by Crippen LogP contribution is 2.43. The third kappa shape index (κ3) is 4.76. The standard InChI is InChI=1S/C24H21FN4OS2/c25-17-8-10-18(11-9-17)26-23(30)22(16-5-2-1-3-6-16)32-24-28-27-21(29(24)19-12-13-19)15-20-7-4-14-31-20/h1-11,14,19,22H,12-13,15H2,(H,26,30)/t22-/m1/s1. The molecule has 1 saturated carbocycles. The van der Waals surface area contributed by atoms with Crippen LogP contribution >= 0.6 is 23.1 Å². The van der Waals surface area contributed by atoms with Crippen LogP contribution in [0.3, 0.4) is 0 Å². The van der Waals surface area contributed by atoms with Crippen LogP contribution < -0.4 is 5.32 Å². The van der Waals surface area contributed by atoms with E-state index in [1.54, 1.807) is 23.5 Å². The fourth-order valence-electron chi connectivity index (χ4n) is 3.52. The van der Waals surface area contributed by atoms with Gasteiger partial charge in [-0.15, -0.1) is 21.5 Å². The summed E-state index contributed by atoms with van der Waals surface area (Å²) in [5.74, 6) is 0.411. The number of carbonyl (C=O) groups excluding carboxylic acids is 1. The fourth-order valence-corrected chi connectivity index (χ4v) is 5.35. The predicted molar refractivity (Wildman–Crippen MR) is 125 cm³/mol. The second-order valence-corrected chi connectivity index (χ2v) is 9.77. The number of anilines is 1. The number of thioether (sulfide) groups is 1. The lowest BCUT2D eigenvalue weighted by atomic mass is 10.1. The lowest BCUT2D eigenvalue weighted by molar-refractivity contribution is -0.115. The van der Waals surface area contributed by atoms with Gasteiger partial charge in [-0.1, -0.05) is 48.2 Å². The molecule has 162 valence electrons. The van der Waals surface area contributed by atoms with Gasteiger partial charge in [0.05, 0.1) is 0 Å². The summed E-state index contributed by atoms with van der Waals surface area (Å²) in [6, 6.07) is 20.0. The highest BCUT2D eigenvalue weighted by molar-refractivity contribution is 8.00. The summed E-state index contributed by atoms with van der Waals surface area (Å²) in [6.45, 7) is 0. The van der Waals surface area contributed by atoms with E-state index < -0.39 is 5.25 Å². The van der Waals surface area contributed by atoms with Crippen molar-refractivity contribution in [2.45, 2.75) is 35.7 Å². The van der Waals surface area contributed by atoms with Gasteiger partial charge in [0.15, 0.2) is 5.16 Å². The molecule has 1 N–H and O–H groups in total. The van der Waals surface area contributed by atoms with Gasteiger partial charge in [-0.25, -0.2) is 4.39 Å². The van der Waals surface area contributed by atoms with E-state index in [1.807, 2.05) is 36.4 Å². The fraction of sp³-hybridized carbons (Fsp3) is 0.208. The lowest BCUT2D eigenvalue weighted by Crippen LogP contribution is -2.19. The van der Waals surface area contributed by atoms with Crippen LogP contribution in [0.25, 0.3) is 0 Å². The molecule has 4 aromatic rings. The number of thiophene rings is 1. The van der Waals surface area contributed by atoms with Crippen molar-refractivity contribution in [3.63, 3.8) is 0 Å². The van der Waals surface area contributed by atoms with Crippen LogP contribution in [0, 0.1) is 5.82 Å². The molecule has 32 heavy (non-hydrogen) atoms. The molecule has 1 amide bonds. The second kappa shape index (κ2) is 9.26. The Morgan fingerprint density at radius 1 is 1.09 bits per heavy atom. The minimum absolute atomic E-state index is 0.182. The first-order valence-corrected chi connectivity index (χ1v) is 12.2. The molecule has 1 atom stereocenters. The molecule has 2 aromatic carbocycles. The number of hydrogen-bond donors (Lipinski definition) is 1. The normalized spacial score (nSPS) is 14.3. The molecule has 8 heteroatoms. The zero-order chi connectivity index (χ0) is 21.9. The maximum Gasteiger partial charge on any atom is 0.242 e. The SMILES string of the molecule is O=C(Nc1ccc(F)cc1)[C@H](Sc1nnc(Cc2cccs2)n1C1CC1)c1ccccc1. The molecular weight excluding hydrogens is 443 g/mol. The summed E-state index contributed by atoms with van der Waals surface area (Å²) in [4.78, 5) is 14.5. The van der Waals surface area contributed by atoms with Gasteiger partial charge in [0.25, 0.3) is 0 Å². The maximum atomic E-state index is 13.3. The van der Waals surface area contributed by atoms with Crippen LogP contribution in [-0.4, -0.2) is 20.7 Å². The minimum Gasteiger partial charge on any atom is -0.325 e. The van der Waals surface area contributed by atoms with Crippen LogP contribution in [0.5, 0.6) is 0 Å². The van der Waals surface area contributed by atoms with Crippen LogP contribution in [0.15, 0.2) is 77.3 Å². The van der Waals surface area contributed by atoms with E-state index in [2.05, 4.69) is 31.5 Å². The van der Waals surface area contributed by atoms with Crippen molar-refractivity contribution in [1.29, 1.82) is 0 Å². The first-order chi connectivity index (χ1) is 15.7. The zero-order valence-corrected chi connectivity index (χ0v) is 18.8. The second-order valence-electron chi connectivity index (χ2n) is 7.66. The molecule has 1 aliphatic carbocycles. The van der Waals surface area contributed by atoms with Gasteiger partial charge in [-0.05, 0) is 54.1 Å². The van der Waals surface area contributed by atoms with E-state index in [1.165, 1.54) is 28.8 Å². The van der Waals surface area contributed by atoms with E-state index in [9.17, 15) is 9.18 Å². The molecule has 0 spiro atoms. The Hall–Kier alpha value is -2.97. The first kappa shape index (κ1) is 20.9. The Labute approximate surface area is 193 Å². The number of nitrogens with one attached hydrogen (secondary N) is 1. The Morgan fingerprint density at radius 2 is 1.88 bits per heavy atom. The van der Waals surface area contributed by atoms with Crippen LogP contribution in [0.1, 0.15) is 40.4 Å². The number of hydrogen-bond acceptors (Lipinski definition) is 5. The number of aromatic nitrogens is 3. The molecule has 0 radical (unpaired) electrons. The summed E-state index contributed by atoms with van der Waals surface area (Å²) in [6.07, 6.45) is 2.93. The third-order valence-electron chi connectivity index (χ3n) is 5.24. The third-order valence-corrected chi connectivity index (χ3v) is 7.32. The highest BCUT2D eigenvalue weighted by atomic mass is 32.2. The summed E-state index contributed by atoms with van der Waals surface area (Å²) in [5.41, 5.74) is 1.43. The Balaban J connectivity index is 1.43. The topological polar surface area (TPSA) is 59.8 Å². The molecular formula is C24H21FN4OS2. The van der Waals surface area contributed by atoms with E-state index >= 15 is 0 Å². The van der Waals surface area contributed by atoms with Gasteiger partial charge in [-0.2, -0.15) is 0 Å². The van der Waals surface area contributed by atoms with Crippen molar-refractivity contribution in [2.24, 2.45) is 0 Å². The number of amides is 1. The van der Waals surface area contributed by atoms with Gasteiger partial charge in [0, 0.05) is 23.0 Å². The van der Waals surface area contributed by atoms with E-state index in [4.69, 9.17) is 0 Å². The van der Waals surface area contributed by atoms with Gasteiger partial charge >= 0.3 is 0 Å². The summed E-state index contributed by atoms with van der Waals surface area (Å²) in [7, 11) is 0. The minimum atomic E-state index is -0.516. The average molecular weight is 465 g/mol. The van der Waals surface area contributed by atoms with Crippen molar-refractivity contribution < 1.29 is 9.18 Å². The Bertz CT molecular complexity index is 1190. The van der Waals surface area contributed by atoms with E-state index in [-0.39, 0.29) is 11.7 Å². The van der Waals surface area contributed by atoms with Crippen molar-refractivity contribution >= 4 is 34.7 Å². The monoisotopic (exact) mass is 464 g/mol. The van der Waals surface area contributed by atoms with Crippen LogP contribution in [0.2, 0.25) is 0 Å². The van der Waals surface area contributed by atoms with E-state index in [0.29, 0.717) is 11.7 Å². The number of halogens is 1. The summed E-state index contributed by atoms with van der Waals surface area (Å²) < 4.78 is 15.5. The van der Waals surface area contributed by atoms with Crippen molar-refractivity contribution in [2.75, 3.05) is 5.32 Å². The smallest absolute Gasteiger partial charge is 0.242 e. The number of carbonyl (C=O) groups is 1. The van der Waals surface area contributed by atoms with Gasteiger partial charge in [-0.3, -0.25) is 4.79 Å². The number of nitrogens with zero attached hydrogens (tertiary/aromatic N) is 3. The van der Waals surface area contributed by atoms with Gasteiger partial charge < -0.3 is 9.88 Å². The quantitative estimate of drug-likeness (QED) is 0.331. The molecule has 1 fully saturated rings. The molecule has 5 nitrogen and oxygen atoms in total.